The van der Waals surface area contributed by atoms with E-state index in [9.17, 15) is 19.1 Å². The molecule has 0 unspecified atom stereocenters. The number of aromatic nitrogens is 3. The van der Waals surface area contributed by atoms with Crippen molar-refractivity contribution in [1.29, 1.82) is 0 Å². The molecule has 0 aliphatic heterocycles. The van der Waals surface area contributed by atoms with Crippen molar-refractivity contribution >= 4 is 22.5 Å². The maximum atomic E-state index is 13.5. The molecule has 1 N–H and O–H groups in total. The lowest BCUT2D eigenvalue weighted by atomic mass is 10.1. The van der Waals surface area contributed by atoms with Gasteiger partial charge in [0.25, 0.3) is 5.56 Å². The number of carboxylic acids is 1. The molecule has 0 spiro atoms. The van der Waals surface area contributed by atoms with Crippen LogP contribution in [0.25, 0.3) is 16.6 Å². The normalized spacial score (nSPS) is 11.2. The van der Waals surface area contributed by atoms with Gasteiger partial charge in [-0.05, 0) is 42.0 Å². The highest BCUT2D eigenvalue weighted by Gasteiger charge is 2.14. The summed E-state index contributed by atoms with van der Waals surface area (Å²) < 4.78 is 16.4. The molecule has 0 saturated heterocycles. The van der Waals surface area contributed by atoms with Gasteiger partial charge in [-0.1, -0.05) is 12.1 Å². The zero-order valence-electron chi connectivity index (χ0n) is 12.9. The van der Waals surface area contributed by atoms with Crippen LogP contribution in [0.5, 0.6) is 0 Å². The summed E-state index contributed by atoms with van der Waals surface area (Å²) in [5.74, 6) is -1.49. The fourth-order valence-electron chi connectivity index (χ4n) is 2.93. The van der Waals surface area contributed by atoms with Crippen LogP contribution in [0.15, 0.2) is 59.5 Å². The number of carboxylic acid groups (broad SMARTS) is 1. The van der Waals surface area contributed by atoms with Gasteiger partial charge in [0.05, 0.1) is 29.3 Å². The van der Waals surface area contributed by atoms with Gasteiger partial charge in [-0.25, -0.2) is 13.7 Å². The van der Waals surface area contributed by atoms with Crippen molar-refractivity contribution in [1.82, 2.24) is 14.2 Å². The van der Waals surface area contributed by atoms with Crippen molar-refractivity contribution in [3.8, 4) is 0 Å². The minimum atomic E-state index is -1.09. The first kappa shape index (κ1) is 15.1. The number of carbonyl (C=O) groups is 1. The number of hydrogen-bond acceptors (Lipinski definition) is 3. The molecule has 0 atom stereocenters. The zero-order chi connectivity index (χ0) is 17.6. The van der Waals surface area contributed by atoms with Gasteiger partial charge in [-0.2, -0.15) is 5.10 Å². The Kier molecular flexibility index (Phi) is 3.35. The Morgan fingerprint density at radius 1 is 1.08 bits per heavy atom. The molecule has 0 bridgehead atoms. The maximum Gasteiger partial charge on any atom is 0.335 e. The third-order valence-electron chi connectivity index (χ3n) is 4.08. The molecule has 0 aliphatic carbocycles. The Morgan fingerprint density at radius 3 is 2.68 bits per heavy atom. The minimum absolute atomic E-state index is 0.0615. The lowest BCUT2D eigenvalue weighted by Gasteiger charge is -2.13. The number of nitrogens with zero attached hydrogens (tertiary/aromatic N) is 3. The molecule has 124 valence electrons. The molecule has 25 heavy (non-hydrogen) atoms. The number of rotatable bonds is 3. The van der Waals surface area contributed by atoms with Gasteiger partial charge < -0.3 is 9.67 Å². The van der Waals surface area contributed by atoms with Gasteiger partial charge in [0.2, 0.25) is 0 Å². The van der Waals surface area contributed by atoms with Crippen LogP contribution in [0.4, 0.5) is 4.39 Å². The largest absolute Gasteiger partial charge is 0.478 e. The van der Waals surface area contributed by atoms with E-state index in [0.29, 0.717) is 22.1 Å². The lowest BCUT2D eigenvalue weighted by Crippen LogP contribution is -2.24. The number of fused-ring (bicyclic) bond motifs is 3. The molecule has 0 fully saturated rings. The fraction of sp³-hybridized carbons (Fsp3) is 0.0556. The number of benzene rings is 2. The van der Waals surface area contributed by atoms with Crippen molar-refractivity contribution in [2.75, 3.05) is 0 Å². The van der Waals surface area contributed by atoms with Crippen LogP contribution in [0.2, 0.25) is 0 Å². The van der Waals surface area contributed by atoms with E-state index in [-0.39, 0.29) is 17.7 Å². The van der Waals surface area contributed by atoms with E-state index in [2.05, 4.69) is 5.10 Å². The van der Waals surface area contributed by atoms with Crippen LogP contribution in [-0.4, -0.2) is 25.3 Å². The second kappa shape index (κ2) is 5.55. The average molecular weight is 337 g/mol. The molecule has 0 radical (unpaired) electrons. The van der Waals surface area contributed by atoms with E-state index >= 15 is 0 Å². The summed E-state index contributed by atoms with van der Waals surface area (Å²) in [5, 5.41) is 13.4. The predicted molar refractivity (Wildman–Crippen MR) is 89.4 cm³/mol. The van der Waals surface area contributed by atoms with Gasteiger partial charge in [-0.15, -0.1) is 0 Å². The first-order valence-electron chi connectivity index (χ1n) is 7.52. The van der Waals surface area contributed by atoms with E-state index < -0.39 is 11.8 Å². The van der Waals surface area contributed by atoms with Crippen molar-refractivity contribution in [2.45, 2.75) is 6.54 Å². The second-order valence-corrected chi connectivity index (χ2v) is 5.66. The first-order valence-corrected chi connectivity index (χ1v) is 7.52. The van der Waals surface area contributed by atoms with Crippen LogP contribution in [0, 0.1) is 5.82 Å². The highest BCUT2D eigenvalue weighted by Crippen LogP contribution is 2.18. The monoisotopic (exact) mass is 337 g/mol. The van der Waals surface area contributed by atoms with E-state index in [0.717, 1.165) is 0 Å². The van der Waals surface area contributed by atoms with Crippen LogP contribution in [0.1, 0.15) is 15.9 Å². The Bertz CT molecular complexity index is 1190. The van der Waals surface area contributed by atoms with E-state index in [1.165, 1.54) is 39.5 Å². The van der Waals surface area contributed by atoms with Gasteiger partial charge in [0.1, 0.15) is 11.3 Å². The van der Waals surface area contributed by atoms with Gasteiger partial charge in [-0.3, -0.25) is 4.79 Å². The minimum Gasteiger partial charge on any atom is -0.478 e. The third-order valence-corrected chi connectivity index (χ3v) is 4.08. The zero-order valence-corrected chi connectivity index (χ0v) is 12.9. The van der Waals surface area contributed by atoms with Crippen LogP contribution in [0.3, 0.4) is 0 Å². The molecule has 4 rings (SSSR count). The summed E-state index contributed by atoms with van der Waals surface area (Å²) in [4.78, 5) is 24.1. The Hall–Kier alpha value is -3.48. The number of halogens is 1. The van der Waals surface area contributed by atoms with Crippen molar-refractivity contribution in [3.05, 3.63) is 82.0 Å². The molecule has 0 aliphatic rings. The fourth-order valence-corrected chi connectivity index (χ4v) is 2.93. The molecule has 0 amide bonds. The molecule has 6 nitrogen and oxygen atoms in total. The smallest absolute Gasteiger partial charge is 0.335 e. The first-order chi connectivity index (χ1) is 12.0. The van der Waals surface area contributed by atoms with Crippen molar-refractivity contribution in [2.24, 2.45) is 0 Å². The molecule has 2 aromatic carbocycles. The van der Waals surface area contributed by atoms with Crippen LogP contribution >= 0.6 is 0 Å². The molecule has 4 aromatic rings. The lowest BCUT2D eigenvalue weighted by molar-refractivity contribution is 0.0697. The quantitative estimate of drug-likeness (QED) is 0.623. The Balaban J connectivity index is 2.05. The molecular weight excluding hydrogens is 325 g/mol. The van der Waals surface area contributed by atoms with E-state index in [4.69, 9.17) is 0 Å². The van der Waals surface area contributed by atoms with Crippen LogP contribution < -0.4 is 5.56 Å². The van der Waals surface area contributed by atoms with E-state index in [1.54, 1.807) is 24.3 Å². The maximum absolute atomic E-state index is 13.5. The summed E-state index contributed by atoms with van der Waals surface area (Å²) in [6.45, 7) is 0.123. The number of hydrogen-bond donors (Lipinski definition) is 1. The molecule has 2 heterocycles. The summed E-state index contributed by atoms with van der Waals surface area (Å²) in [6.07, 6.45) is 1.51. The summed E-state index contributed by atoms with van der Waals surface area (Å²) in [5.41, 5.74) is 1.73. The molecule has 7 heteroatoms. The van der Waals surface area contributed by atoms with Gasteiger partial charge in [0, 0.05) is 0 Å². The highest BCUT2D eigenvalue weighted by atomic mass is 19.1. The van der Waals surface area contributed by atoms with Crippen LogP contribution in [-0.2, 0) is 6.54 Å². The van der Waals surface area contributed by atoms with Gasteiger partial charge in [0.15, 0.2) is 0 Å². The standard InChI is InChI=1S/C18H12FN3O3/c19-13-3-1-2-11(8-13)10-21-16-9-12(18(24)25)4-5-14(16)22-15(17(21)23)6-7-20-22/h1-9H,10H2,(H,24,25). The van der Waals surface area contributed by atoms with Crippen molar-refractivity contribution < 1.29 is 14.3 Å². The molecular formula is C18H12FN3O3. The predicted octanol–water partition coefficient (Wildman–Crippen LogP) is 2.53. The summed E-state index contributed by atoms with van der Waals surface area (Å²) in [6, 6.07) is 12.0. The summed E-state index contributed by atoms with van der Waals surface area (Å²) >= 11 is 0. The van der Waals surface area contributed by atoms with E-state index in [1.807, 2.05) is 0 Å². The third kappa shape index (κ3) is 2.46. The second-order valence-electron chi connectivity index (χ2n) is 5.66. The highest BCUT2D eigenvalue weighted by molar-refractivity contribution is 5.92. The average Bonchev–Trinajstić information content (AvgIpc) is 3.08. The summed E-state index contributed by atoms with van der Waals surface area (Å²) in [7, 11) is 0. The Labute approximate surface area is 140 Å². The SMILES string of the molecule is O=C(O)c1ccc2c(c1)n(Cc1cccc(F)c1)c(=O)c1ccnn12. The molecule has 2 aromatic heterocycles. The number of aromatic carboxylic acids is 1. The van der Waals surface area contributed by atoms with Gasteiger partial charge >= 0.3 is 5.97 Å². The molecule has 0 saturated carbocycles. The topological polar surface area (TPSA) is 76.6 Å². The Morgan fingerprint density at radius 2 is 1.92 bits per heavy atom. The van der Waals surface area contributed by atoms with Crippen molar-refractivity contribution in [3.63, 3.8) is 0 Å².